The first-order chi connectivity index (χ1) is 12.8. The van der Waals surface area contributed by atoms with Gasteiger partial charge >= 0.3 is 6.03 Å². The van der Waals surface area contributed by atoms with Gasteiger partial charge in [0.1, 0.15) is 11.4 Å². The van der Waals surface area contributed by atoms with Crippen molar-refractivity contribution in [1.82, 2.24) is 15.5 Å². The fourth-order valence-corrected chi connectivity index (χ4v) is 4.75. The van der Waals surface area contributed by atoms with Crippen LogP contribution in [0.5, 0.6) is 0 Å². The molecule has 0 radical (unpaired) electrons. The van der Waals surface area contributed by atoms with Gasteiger partial charge in [-0.2, -0.15) is 4.99 Å². The number of aliphatic imine (C=N–C) groups is 1. The van der Waals surface area contributed by atoms with Crippen molar-refractivity contribution in [1.29, 1.82) is 0 Å². The van der Waals surface area contributed by atoms with Crippen LogP contribution in [0.4, 0.5) is 4.79 Å². The third-order valence-corrected chi connectivity index (χ3v) is 6.31. The van der Waals surface area contributed by atoms with Crippen LogP contribution in [0.25, 0.3) is 0 Å². The molecule has 2 heterocycles. The van der Waals surface area contributed by atoms with Gasteiger partial charge in [-0.05, 0) is 58.0 Å². The van der Waals surface area contributed by atoms with Crippen LogP contribution in [0.15, 0.2) is 17.6 Å². The van der Waals surface area contributed by atoms with Gasteiger partial charge in [0.05, 0.1) is 0 Å². The Morgan fingerprint density at radius 3 is 2.46 bits per heavy atom. The minimum absolute atomic E-state index is 0. The predicted octanol–water partition coefficient (Wildman–Crippen LogP) is 4.85. The van der Waals surface area contributed by atoms with Crippen molar-refractivity contribution in [2.75, 3.05) is 19.6 Å². The maximum atomic E-state index is 12.7. The average Bonchev–Trinajstić information content (AvgIpc) is 2.91. The fraction of sp³-hybridized carbons (Fsp3) is 0.810. The molecule has 2 N–H and O–H groups in total. The number of nitrogens with zero attached hydrogens (tertiary/aromatic N) is 2. The molecule has 2 fully saturated rings. The second-order valence-corrected chi connectivity index (χ2v) is 8.15. The minimum Gasteiger partial charge on any atom is -0.369 e. The highest BCUT2D eigenvalue weighted by atomic mass is 35.5. The number of urea groups is 1. The molecule has 162 valence electrons. The fourth-order valence-electron chi connectivity index (χ4n) is 4.75. The van der Waals surface area contributed by atoms with Crippen LogP contribution in [0, 0.1) is 0 Å². The molecule has 1 aliphatic carbocycles. The van der Waals surface area contributed by atoms with Crippen molar-refractivity contribution in [2.45, 2.75) is 88.6 Å². The highest BCUT2D eigenvalue weighted by Crippen LogP contribution is 2.34. The maximum Gasteiger partial charge on any atom is 0.346 e. The highest BCUT2D eigenvalue weighted by Gasteiger charge is 2.50. The number of amides is 2. The molecule has 5 nitrogen and oxygen atoms in total. The number of hydrogen-bond donors (Lipinski definition) is 2. The van der Waals surface area contributed by atoms with Gasteiger partial charge in [-0.15, -0.1) is 31.4 Å². The molecule has 3 aliphatic rings. The number of piperidine rings is 1. The van der Waals surface area contributed by atoms with E-state index in [0.29, 0.717) is 6.04 Å². The Balaban J connectivity index is 0.00000196. The molecule has 0 bridgehead atoms. The molecule has 3 rings (SSSR count). The first kappa shape index (κ1) is 25.3. The molecule has 1 saturated carbocycles. The van der Waals surface area contributed by atoms with Gasteiger partial charge in [0.2, 0.25) is 0 Å². The zero-order valence-corrected chi connectivity index (χ0v) is 18.7. The zero-order chi connectivity index (χ0) is 18.2. The number of hydrogen-bond acceptors (Lipinski definition) is 3. The number of rotatable bonds is 8. The van der Waals surface area contributed by atoms with Crippen LogP contribution in [0.3, 0.4) is 0 Å². The summed E-state index contributed by atoms with van der Waals surface area (Å²) in [5.41, 5.74) is -0.180. The first-order valence-electron chi connectivity index (χ1n) is 10.8. The summed E-state index contributed by atoms with van der Waals surface area (Å²) in [6.45, 7) is 6.56. The summed E-state index contributed by atoms with van der Waals surface area (Å²) in [5.74, 6) is 0.975. The van der Waals surface area contributed by atoms with Crippen molar-refractivity contribution in [3.63, 3.8) is 0 Å². The molecule has 1 spiro atoms. The van der Waals surface area contributed by atoms with Crippen molar-refractivity contribution < 1.29 is 4.79 Å². The van der Waals surface area contributed by atoms with Crippen LogP contribution >= 0.6 is 24.8 Å². The summed E-state index contributed by atoms with van der Waals surface area (Å²) >= 11 is 0. The average molecular weight is 433 g/mol. The van der Waals surface area contributed by atoms with Gasteiger partial charge in [0.25, 0.3) is 0 Å². The van der Waals surface area contributed by atoms with Gasteiger partial charge in [0.15, 0.2) is 0 Å². The molecule has 0 aromatic carbocycles. The van der Waals surface area contributed by atoms with Crippen LogP contribution in [-0.2, 0) is 0 Å². The lowest BCUT2D eigenvalue weighted by atomic mass is 9.84. The predicted molar refractivity (Wildman–Crippen MR) is 122 cm³/mol. The minimum atomic E-state index is -0.180. The molecular formula is C21H38Cl2N4O. The van der Waals surface area contributed by atoms with Crippen LogP contribution < -0.4 is 10.6 Å². The van der Waals surface area contributed by atoms with E-state index >= 15 is 0 Å². The van der Waals surface area contributed by atoms with Gasteiger partial charge < -0.3 is 15.5 Å². The molecule has 1 saturated heterocycles. The van der Waals surface area contributed by atoms with Gasteiger partial charge in [-0.25, -0.2) is 4.79 Å². The summed E-state index contributed by atoms with van der Waals surface area (Å²) in [5, 5.41) is 7.16. The summed E-state index contributed by atoms with van der Waals surface area (Å²) in [6.07, 6.45) is 16.1. The zero-order valence-electron chi connectivity index (χ0n) is 17.1. The van der Waals surface area contributed by atoms with E-state index in [1.807, 2.05) is 6.08 Å². The molecule has 0 aromatic rings. The van der Waals surface area contributed by atoms with Crippen LogP contribution in [0.2, 0.25) is 0 Å². The number of nitrogens with one attached hydrogen (secondary N) is 2. The lowest BCUT2D eigenvalue weighted by Gasteiger charge is -2.43. The third kappa shape index (κ3) is 6.11. The van der Waals surface area contributed by atoms with Crippen LogP contribution in [0.1, 0.15) is 77.0 Å². The Hall–Kier alpha value is -0.780. The van der Waals surface area contributed by atoms with E-state index in [1.165, 1.54) is 51.4 Å². The lowest BCUT2D eigenvalue weighted by molar-refractivity contribution is 0.144. The Labute approximate surface area is 183 Å². The quantitative estimate of drug-likeness (QED) is 0.425. The number of allylic oxidation sites excluding steroid dienone is 1. The molecule has 2 amide bonds. The summed E-state index contributed by atoms with van der Waals surface area (Å²) < 4.78 is 0. The van der Waals surface area contributed by atoms with Crippen LogP contribution in [-0.4, -0.2) is 48.0 Å². The largest absolute Gasteiger partial charge is 0.369 e. The Morgan fingerprint density at radius 1 is 1.11 bits per heavy atom. The second kappa shape index (κ2) is 12.7. The van der Waals surface area contributed by atoms with Crippen molar-refractivity contribution in [2.24, 2.45) is 4.99 Å². The van der Waals surface area contributed by atoms with Gasteiger partial charge in [-0.3, -0.25) is 0 Å². The Bertz CT molecular complexity index is 515. The van der Waals surface area contributed by atoms with E-state index in [1.54, 1.807) is 0 Å². The topological polar surface area (TPSA) is 56.7 Å². The van der Waals surface area contributed by atoms with Crippen molar-refractivity contribution in [3.8, 4) is 0 Å². The molecule has 28 heavy (non-hydrogen) atoms. The molecule has 7 heteroatoms. The summed E-state index contributed by atoms with van der Waals surface area (Å²) in [6, 6.07) is 0.484. The lowest BCUT2D eigenvalue weighted by Crippen LogP contribution is -2.61. The first-order valence-corrected chi connectivity index (χ1v) is 10.8. The second-order valence-electron chi connectivity index (χ2n) is 8.15. The molecule has 0 unspecified atom stereocenters. The third-order valence-electron chi connectivity index (χ3n) is 6.31. The SMILES string of the molecule is C=CCCCCCCN1C(=O)N=C(NC2CCCCC2)C12CCNCC2.Cl.Cl. The molecule has 0 atom stereocenters. The number of carbonyl (C=O) groups excluding carboxylic acids is 1. The van der Waals surface area contributed by atoms with Gasteiger partial charge in [0, 0.05) is 12.6 Å². The van der Waals surface area contributed by atoms with Crippen molar-refractivity contribution >= 4 is 36.7 Å². The highest BCUT2D eigenvalue weighted by molar-refractivity contribution is 6.06. The van der Waals surface area contributed by atoms with E-state index in [2.05, 4.69) is 27.1 Å². The molecule has 0 aromatic heterocycles. The number of carbonyl (C=O) groups is 1. The number of halogens is 2. The summed E-state index contributed by atoms with van der Waals surface area (Å²) in [7, 11) is 0. The standard InChI is InChI=1S/C21H36N4O.2ClH/c1-2-3-4-5-6-10-17-25-20(26)24-19(21(25)13-15-22-16-14-21)23-18-11-8-7-9-12-18;;/h2,18,22H,1,3-17H2,(H,23,24,26);2*1H. The summed E-state index contributed by atoms with van der Waals surface area (Å²) in [4.78, 5) is 19.3. The monoisotopic (exact) mass is 432 g/mol. The normalized spacial score (nSPS) is 21.6. The smallest absolute Gasteiger partial charge is 0.346 e. The Morgan fingerprint density at radius 2 is 1.79 bits per heavy atom. The van der Waals surface area contributed by atoms with E-state index < -0.39 is 0 Å². The Kier molecular flexibility index (Phi) is 11.5. The van der Waals surface area contributed by atoms with E-state index in [0.717, 1.165) is 51.2 Å². The van der Waals surface area contributed by atoms with Crippen molar-refractivity contribution in [3.05, 3.63) is 12.7 Å². The number of amidine groups is 1. The van der Waals surface area contributed by atoms with E-state index in [4.69, 9.17) is 0 Å². The molecule has 2 aliphatic heterocycles. The van der Waals surface area contributed by atoms with E-state index in [-0.39, 0.29) is 36.4 Å². The van der Waals surface area contributed by atoms with E-state index in [9.17, 15) is 4.79 Å². The maximum absolute atomic E-state index is 12.7. The molecular weight excluding hydrogens is 395 g/mol. The number of unbranched alkanes of at least 4 members (excludes halogenated alkanes) is 4. The van der Waals surface area contributed by atoms with Gasteiger partial charge in [-0.1, -0.05) is 38.2 Å².